The fraction of sp³-hybridized carbons (Fsp3) is 0.500. The van der Waals surface area contributed by atoms with Gasteiger partial charge < -0.3 is 14.7 Å². The highest BCUT2D eigenvalue weighted by molar-refractivity contribution is 5.83. The Kier molecular flexibility index (Phi) is 3.89. The Morgan fingerprint density at radius 3 is 2.28 bits per heavy atom. The Bertz CT molecular complexity index is 466. The van der Waals surface area contributed by atoms with Gasteiger partial charge in [-0.2, -0.15) is 0 Å². The second kappa shape index (κ2) is 4.88. The van der Waals surface area contributed by atoms with E-state index in [9.17, 15) is 9.90 Å². The topological polar surface area (TPSA) is 49.8 Å². The molecule has 0 radical (unpaired) electrons. The number of carboxylic acid groups (broad SMARTS) is 1. The molecule has 1 rings (SSSR count). The third kappa shape index (κ3) is 2.42. The zero-order valence-corrected chi connectivity index (χ0v) is 11.9. The Hall–Kier alpha value is -1.71. The van der Waals surface area contributed by atoms with Gasteiger partial charge >= 0.3 is 5.97 Å². The van der Waals surface area contributed by atoms with Crippen LogP contribution >= 0.6 is 0 Å². The van der Waals surface area contributed by atoms with Gasteiger partial charge in [-0.3, -0.25) is 0 Å². The number of hydrogen-bond donors (Lipinski definition) is 1. The minimum Gasteiger partial charge on any atom is -0.496 e. The summed E-state index contributed by atoms with van der Waals surface area (Å²) in [7, 11) is 3.43. The Balaban J connectivity index is 3.26. The van der Waals surface area contributed by atoms with Gasteiger partial charge in [0.1, 0.15) is 11.3 Å². The van der Waals surface area contributed by atoms with E-state index in [1.54, 1.807) is 32.9 Å². The van der Waals surface area contributed by atoms with Crippen molar-refractivity contribution in [3.05, 3.63) is 23.3 Å². The maximum atomic E-state index is 11.3. The van der Waals surface area contributed by atoms with Gasteiger partial charge in [-0.25, -0.2) is 4.79 Å². The molecule has 0 bridgehead atoms. The van der Waals surface area contributed by atoms with Crippen LogP contribution in [0.4, 0.5) is 5.69 Å². The van der Waals surface area contributed by atoms with Crippen LogP contribution in [0.5, 0.6) is 5.75 Å². The van der Waals surface area contributed by atoms with Crippen LogP contribution in [0, 0.1) is 13.8 Å². The van der Waals surface area contributed by atoms with Crippen molar-refractivity contribution in [3.63, 3.8) is 0 Å². The van der Waals surface area contributed by atoms with Gasteiger partial charge in [-0.1, -0.05) is 0 Å². The summed E-state index contributed by atoms with van der Waals surface area (Å²) in [4.78, 5) is 13.1. The first-order valence-electron chi connectivity index (χ1n) is 5.84. The molecule has 0 heterocycles. The first-order valence-corrected chi connectivity index (χ1v) is 5.84. The molecule has 1 aromatic rings. The van der Waals surface area contributed by atoms with Crippen molar-refractivity contribution < 1.29 is 14.6 Å². The summed E-state index contributed by atoms with van der Waals surface area (Å²) < 4.78 is 5.26. The minimum atomic E-state index is -0.953. The first-order chi connectivity index (χ1) is 8.21. The summed E-state index contributed by atoms with van der Waals surface area (Å²) in [6.45, 7) is 7.28. The molecule has 0 spiro atoms. The predicted molar refractivity (Wildman–Crippen MR) is 72.6 cm³/mol. The number of benzene rings is 1. The Labute approximate surface area is 108 Å². The molecule has 0 saturated carbocycles. The number of ether oxygens (including phenoxy) is 1. The summed E-state index contributed by atoms with van der Waals surface area (Å²) in [5, 5.41) is 9.27. The standard InChI is InChI=1S/C14H21NO3/c1-9-8-12(18-6)10(2)7-11(9)15(5)14(3,4)13(16)17/h7-8H,1-6H3,(H,16,17). The van der Waals surface area contributed by atoms with Crippen molar-refractivity contribution in [1.29, 1.82) is 0 Å². The monoisotopic (exact) mass is 251 g/mol. The number of rotatable bonds is 4. The van der Waals surface area contributed by atoms with Crippen molar-refractivity contribution in [3.8, 4) is 5.75 Å². The van der Waals surface area contributed by atoms with Gasteiger partial charge in [-0.05, 0) is 51.0 Å². The fourth-order valence-corrected chi connectivity index (χ4v) is 1.80. The lowest BCUT2D eigenvalue weighted by atomic mass is 10.0. The zero-order chi connectivity index (χ0) is 14.1. The molecular formula is C14H21NO3. The minimum absolute atomic E-state index is 0.817. The van der Waals surface area contributed by atoms with Crippen molar-refractivity contribution in [2.45, 2.75) is 33.2 Å². The van der Waals surface area contributed by atoms with Crippen LogP contribution in [-0.4, -0.2) is 30.8 Å². The molecule has 0 unspecified atom stereocenters. The number of hydrogen-bond acceptors (Lipinski definition) is 3. The van der Waals surface area contributed by atoms with Gasteiger partial charge in [0.15, 0.2) is 0 Å². The van der Waals surface area contributed by atoms with Crippen molar-refractivity contribution in [2.75, 3.05) is 19.1 Å². The van der Waals surface area contributed by atoms with Gasteiger partial charge in [0, 0.05) is 12.7 Å². The number of anilines is 1. The molecule has 0 saturated heterocycles. The average molecular weight is 251 g/mol. The number of methoxy groups -OCH3 is 1. The molecule has 4 heteroatoms. The fourth-order valence-electron chi connectivity index (χ4n) is 1.80. The van der Waals surface area contributed by atoms with Crippen molar-refractivity contribution in [2.24, 2.45) is 0 Å². The van der Waals surface area contributed by atoms with Crippen LogP contribution in [-0.2, 0) is 4.79 Å². The van der Waals surface area contributed by atoms with Crippen molar-refractivity contribution >= 4 is 11.7 Å². The van der Waals surface area contributed by atoms with Gasteiger partial charge in [0.05, 0.1) is 7.11 Å². The van der Waals surface area contributed by atoms with Gasteiger partial charge in [0.2, 0.25) is 0 Å². The number of carboxylic acids is 1. The van der Waals surface area contributed by atoms with Gasteiger partial charge in [0.25, 0.3) is 0 Å². The number of nitrogens with zero attached hydrogens (tertiary/aromatic N) is 1. The summed E-state index contributed by atoms with van der Waals surface area (Å²) in [6.07, 6.45) is 0. The Morgan fingerprint density at radius 1 is 1.28 bits per heavy atom. The van der Waals surface area contributed by atoms with E-state index in [2.05, 4.69) is 0 Å². The van der Waals surface area contributed by atoms with E-state index in [4.69, 9.17) is 4.74 Å². The van der Waals surface area contributed by atoms with E-state index in [0.717, 1.165) is 22.6 Å². The second-order valence-corrected chi connectivity index (χ2v) is 5.03. The number of aryl methyl sites for hydroxylation is 2. The van der Waals surface area contributed by atoms with E-state index in [0.29, 0.717) is 0 Å². The van der Waals surface area contributed by atoms with Crippen LogP contribution in [0.15, 0.2) is 12.1 Å². The molecule has 18 heavy (non-hydrogen) atoms. The maximum absolute atomic E-state index is 11.3. The van der Waals surface area contributed by atoms with E-state index < -0.39 is 11.5 Å². The normalized spacial score (nSPS) is 11.2. The lowest BCUT2D eigenvalue weighted by molar-refractivity contribution is -0.142. The van der Waals surface area contributed by atoms with E-state index in [1.165, 1.54) is 0 Å². The van der Waals surface area contributed by atoms with E-state index in [1.807, 2.05) is 26.0 Å². The molecule has 1 aromatic carbocycles. The molecule has 0 fully saturated rings. The lowest BCUT2D eigenvalue weighted by Gasteiger charge is -2.35. The van der Waals surface area contributed by atoms with E-state index in [-0.39, 0.29) is 0 Å². The van der Waals surface area contributed by atoms with E-state index >= 15 is 0 Å². The molecule has 0 aliphatic heterocycles. The van der Waals surface area contributed by atoms with Gasteiger partial charge in [-0.15, -0.1) is 0 Å². The van der Waals surface area contributed by atoms with Crippen LogP contribution in [0.25, 0.3) is 0 Å². The number of aliphatic carboxylic acids is 1. The highest BCUT2D eigenvalue weighted by atomic mass is 16.5. The maximum Gasteiger partial charge on any atom is 0.328 e. The second-order valence-electron chi connectivity index (χ2n) is 5.03. The summed E-state index contributed by atoms with van der Waals surface area (Å²) in [5.41, 5.74) is 1.94. The van der Waals surface area contributed by atoms with Crippen LogP contribution < -0.4 is 9.64 Å². The zero-order valence-electron chi connectivity index (χ0n) is 11.9. The molecule has 1 N–H and O–H groups in total. The van der Waals surface area contributed by atoms with Crippen LogP contribution in [0.3, 0.4) is 0 Å². The number of likely N-dealkylation sites (N-methyl/N-ethyl adjacent to an activating group) is 1. The predicted octanol–water partition coefficient (Wildman–Crippen LogP) is 2.61. The lowest BCUT2D eigenvalue weighted by Crippen LogP contribution is -2.48. The third-order valence-electron chi connectivity index (χ3n) is 3.44. The number of carbonyl (C=O) groups is 1. The van der Waals surface area contributed by atoms with Crippen molar-refractivity contribution in [1.82, 2.24) is 0 Å². The first kappa shape index (κ1) is 14.4. The highest BCUT2D eigenvalue weighted by Gasteiger charge is 2.33. The molecule has 0 aromatic heterocycles. The largest absolute Gasteiger partial charge is 0.496 e. The highest BCUT2D eigenvalue weighted by Crippen LogP contribution is 2.31. The Morgan fingerprint density at radius 2 is 1.83 bits per heavy atom. The third-order valence-corrected chi connectivity index (χ3v) is 3.44. The SMILES string of the molecule is COc1cc(C)c(N(C)C(C)(C)C(=O)O)cc1C. The van der Waals surface area contributed by atoms with Crippen LogP contribution in [0.1, 0.15) is 25.0 Å². The molecular weight excluding hydrogens is 230 g/mol. The molecule has 0 aliphatic rings. The quantitative estimate of drug-likeness (QED) is 0.893. The smallest absolute Gasteiger partial charge is 0.328 e. The molecule has 100 valence electrons. The summed E-state index contributed by atoms with van der Waals surface area (Å²) in [6, 6.07) is 3.89. The summed E-state index contributed by atoms with van der Waals surface area (Å²) in [5.74, 6) is -0.0318. The molecule has 0 amide bonds. The average Bonchev–Trinajstić information content (AvgIpc) is 2.30. The molecule has 4 nitrogen and oxygen atoms in total. The molecule has 0 aliphatic carbocycles. The molecule has 0 atom stereocenters. The summed E-state index contributed by atoms with van der Waals surface area (Å²) >= 11 is 0. The van der Waals surface area contributed by atoms with Crippen LogP contribution in [0.2, 0.25) is 0 Å².